The number of halogens is 1. The van der Waals surface area contributed by atoms with Crippen LogP contribution in [0, 0.1) is 15.9 Å². The molecule has 1 saturated heterocycles. The van der Waals surface area contributed by atoms with Gasteiger partial charge < -0.3 is 0 Å². The first-order valence-electron chi connectivity index (χ1n) is 5.28. The fourth-order valence-corrected chi connectivity index (χ4v) is 2.99. The predicted octanol–water partition coefficient (Wildman–Crippen LogP) is 0.667. The van der Waals surface area contributed by atoms with E-state index in [1.165, 1.54) is 0 Å². The molecular formula is C10H9FN2O5S. The topological polar surface area (TPSA) is 106 Å². The molecule has 9 heteroatoms. The Labute approximate surface area is 107 Å². The Kier molecular flexibility index (Phi) is 3.23. The summed E-state index contributed by atoms with van der Waals surface area (Å²) in [4.78, 5) is 21.3. The Bertz CT molecular complexity index is 658. The van der Waals surface area contributed by atoms with Gasteiger partial charge in [0, 0.05) is 11.6 Å². The second-order valence-corrected chi connectivity index (χ2v) is 5.93. The van der Waals surface area contributed by atoms with Gasteiger partial charge in [-0.1, -0.05) is 0 Å². The molecule has 1 fully saturated rings. The third kappa shape index (κ3) is 2.70. The van der Waals surface area contributed by atoms with Crippen LogP contribution in [0.5, 0.6) is 0 Å². The van der Waals surface area contributed by atoms with Gasteiger partial charge in [0.2, 0.25) is 15.9 Å². The summed E-state index contributed by atoms with van der Waals surface area (Å²) in [5.41, 5.74) is -0.469. The average Bonchev–Trinajstić information content (AvgIpc) is 2.29. The first-order valence-corrected chi connectivity index (χ1v) is 6.93. The quantitative estimate of drug-likeness (QED) is 0.635. The third-order valence-electron chi connectivity index (χ3n) is 2.82. The highest BCUT2D eigenvalue weighted by atomic mass is 32.2. The lowest BCUT2D eigenvalue weighted by atomic mass is 9.95. The number of hydrogen-bond acceptors (Lipinski definition) is 5. The van der Waals surface area contributed by atoms with Crippen molar-refractivity contribution in [1.82, 2.24) is 4.72 Å². The number of benzene rings is 1. The van der Waals surface area contributed by atoms with Crippen LogP contribution in [0.2, 0.25) is 0 Å². The van der Waals surface area contributed by atoms with Crippen molar-refractivity contribution in [3.05, 3.63) is 39.7 Å². The highest BCUT2D eigenvalue weighted by molar-refractivity contribution is 7.90. The van der Waals surface area contributed by atoms with Gasteiger partial charge in [-0.3, -0.25) is 19.6 Å². The van der Waals surface area contributed by atoms with Gasteiger partial charge in [-0.25, -0.2) is 12.8 Å². The molecule has 1 aliphatic rings. The predicted molar refractivity (Wildman–Crippen MR) is 62.3 cm³/mol. The van der Waals surface area contributed by atoms with E-state index in [4.69, 9.17) is 0 Å². The van der Waals surface area contributed by atoms with E-state index in [2.05, 4.69) is 0 Å². The summed E-state index contributed by atoms with van der Waals surface area (Å²) >= 11 is 0. The van der Waals surface area contributed by atoms with Crippen molar-refractivity contribution in [2.24, 2.45) is 0 Å². The largest absolute Gasteiger partial charge is 0.273 e. The van der Waals surface area contributed by atoms with Gasteiger partial charge in [0.05, 0.1) is 22.7 Å². The monoisotopic (exact) mass is 288 g/mol. The molecule has 1 aliphatic heterocycles. The molecule has 1 amide bonds. The number of nitro benzene ring substituents is 1. The molecule has 1 N–H and O–H groups in total. The number of nitrogens with zero attached hydrogens (tertiary/aromatic N) is 1. The molecule has 19 heavy (non-hydrogen) atoms. The zero-order chi connectivity index (χ0) is 14.2. The van der Waals surface area contributed by atoms with Gasteiger partial charge in [0.15, 0.2) is 0 Å². The number of sulfonamides is 1. The molecule has 1 atom stereocenters. The van der Waals surface area contributed by atoms with Crippen LogP contribution in [-0.2, 0) is 14.8 Å². The number of non-ortho nitro benzene ring substituents is 1. The fourth-order valence-electron chi connectivity index (χ4n) is 1.89. The van der Waals surface area contributed by atoms with Crippen molar-refractivity contribution < 1.29 is 22.5 Å². The number of carbonyl (C=O) groups is 1. The van der Waals surface area contributed by atoms with Crippen molar-refractivity contribution in [3.63, 3.8) is 0 Å². The minimum atomic E-state index is -3.64. The Hall–Kier alpha value is -2.03. The lowest BCUT2D eigenvalue weighted by Crippen LogP contribution is -2.42. The van der Waals surface area contributed by atoms with Gasteiger partial charge in [0.25, 0.3) is 5.69 Å². The highest BCUT2D eigenvalue weighted by Gasteiger charge is 2.33. The molecule has 7 nitrogen and oxygen atoms in total. The van der Waals surface area contributed by atoms with E-state index in [9.17, 15) is 27.7 Å². The number of nitro groups is 1. The van der Waals surface area contributed by atoms with Crippen molar-refractivity contribution in [3.8, 4) is 0 Å². The summed E-state index contributed by atoms with van der Waals surface area (Å²) in [6.45, 7) is 0. The van der Waals surface area contributed by atoms with Crippen molar-refractivity contribution >= 4 is 21.6 Å². The Morgan fingerprint density at radius 3 is 2.63 bits per heavy atom. The molecule has 0 saturated carbocycles. The van der Waals surface area contributed by atoms with Crippen LogP contribution >= 0.6 is 0 Å². The van der Waals surface area contributed by atoms with E-state index in [0.29, 0.717) is 6.07 Å². The van der Waals surface area contributed by atoms with Crippen LogP contribution in [0.15, 0.2) is 18.2 Å². The van der Waals surface area contributed by atoms with E-state index in [1.807, 2.05) is 0 Å². The van der Waals surface area contributed by atoms with Crippen LogP contribution < -0.4 is 4.72 Å². The minimum absolute atomic E-state index is 0.0435. The first kappa shape index (κ1) is 13.4. The lowest BCUT2D eigenvalue weighted by Gasteiger charge is -2.22. The highest BCUT2D eigenvalue weighted by Crippen LogP contribution is 2.28. The summed E-state index contributed by atoms with van der Waals surface area (Å²) in [7, 11) is -3.64. The second kappa shape index (κ2) is 4.57. The zero-order valence-corrected chi connectivity index (χ0v) is 10.3. The summed E-state index contributed by atoms with van der Waals surface area (Å²) in [6.07, 6.45) is -0.0527. The number of hydrogen-bond donors (Lipinski definition) is 1. The first-order chi connectivity index (χ1) is 8.80. The Balaban J connectivity index is 2.33. The lowest BCUT2D eigenvalue weighted by molar-refractivity contribution is -0.385. The summed E-state index contributed by atoms with van der Waals surface area (Å²) in [5.74, 6) is -2.96. The van der Waals surface area contributed by atoms with Gasteiger partial charge in [-0.05, 0) is 12.5 Å². The minimum Gasteiger partial charge on any atom is -0.273 e. The van der Waals surface area contributed by atoms with E-state index in [-0.39, 0.29) is 17.7 Å². The van der Waals surface area contributed by atoms with E-state index in [0.717, 1.165) is 12.1 Å². The Morgan fingerprint density at radius 1 is 1.42 bits per heavy atom. The number of amides is 1. The molecule has 0 aliphatic carbocycles. The van der Waals surface area contributed by atoms with Crippen molar-refractivity contribution in [2.45, 2.75) is 12.3 Å². The molecule has 1 unspecified atom stereocenters. The summed E-state index contributed by atoms with van der Waals surface area (Å²) in [6, 6.07) is 2.93. The standard InChI is InChI=1S/C10H9FN2O5S/c11-9-5-6(13(15)16)1-2-7(9)8-3-4-19(17,18)12-10(8)14/h1-2,5,8H,3-4H2,(H,12,14). The molecule has 0 spiro atoms. The van der Waals surface area contributed by atoms with Gasteiger partial charge in [-0.2, -0.15) is 0 Å². The van der Waals surface area contributed by atoms with Gasteiger partial charge in [-0.15, -0.1) is 0 Å². The van der Waals surface area contributed by atoms with Crippen LogP contribution in [0.1, 0.15) is 17.9 Å². The van der Waals surface area contributed by atoms with Gasteiger partial charge in [0.1, 0.15) is 5.82 Å². The molecule has 0 aromatic heterocycles. The SMILES string of the molecule is O=C1NS(=O)(=O)CCC1c1ccc([N+](=O)[O-])cc1F. The Morgan fingerprint density at radius 2 is 2.11 bits per heavy atom. The maximum absolute atomic E-state index is 13.7. The molecule has 1 heterocycles. The third-order valence-corrected chi connectivity index (χ3v) is 4.10. The number of carbonyl (C=O) groups excluding carboxylic acids is 1. The molecule has 0 bridgehead atoms. The van der Waals surface area contributed by atoms with Crippen LogP contribution in [0.25, 0.3) is 0 Å². The molecule has 1 aromatic carbocycles. The number of rotatable bonds is 2. The van der Waals surface area contributed by atoms with Crippen molar-refractivity contribution in [1.29, 1.82) is 0 Å². The molecule has 1 aromatic rings. The smallest absolute Gasteiger partial charge is 0.272 e. The van der Waals surface area contributed by atoms with Crippen LogP contribution in [0.3, 0.4) is 0 Å². The zero-order valence-electron chi connectivity index (χ0n) is 9.50. The van der Waals surface area contributed by atoms with E-state index >= 15 is 0 Å². The molecule has 0 radical (unpaired) electrons. The van der Waals surface area contributed by atoms with E-state index in [1.54, 1.807) is 4.72 Å². The van der Waals surface area contributed by atoms with Crippen molar-refractivity contribution in [2.75, 3.05) is 5.75 Å². The summed E-state index contributed by atoms with van der Waals surface area (Å²) < 4.78 is 37.8. The number of nitrogens with one attached hydrogen (secondary N) is 1. The van der Waals surface area contributed by atoms with E-state index < -0.39 is 38.3 Å². The van der Waals surface area contributed by atoms with Crippen LogP contribution in [0.4, 0.5) is 10.1 Å². The maximum atomic E-state index is 13.7. The fraction of sp³-hybridized carbons (Fsp3) is 0.300. The second-order valence-electron chi connectivity index (χ2n) is 4.09. The summed E-state index contributed by atoms with van der Waals surface area (Å²) in [5, 5.41) is 10.5. The molecule has 2 rings (SSSR count). The average molecular weight is 288 g/mol. The van der Waals surface area contributed by atoms with Crippen LogP contribution in [-0.4, -0.2) is 25.0 Å². The van der Waals surface area contributed by atoms with Gasteiger partial charge >= 0.3 is 0 Å². The maximum Gasteiger partial charge on any atom is 0.272 e. The molecule has 102 valence electrons. The molecular weight excluding hydrogens is 279 g/mol. The normalized spacial score (nSPS) is 21.7.